The van der Waals surface area contributed by atoms with Crippen molar-refractivity contribution in [1.29, 1.82) is 0 Å². The first-order chi connectivity index (χ1) is 18.6. The molecule has 39 heavy (non-hydrogen) atoms. The number of esters is 1. The van der Waals surface area contributed by atoms with Crippen molar-refractivity contribution in [2.45, 2.75) is 31.8 Å². The number of anilines is 1. The van der Waals surface area contributed by atoms with E-state index in [1.165, 1.54) is 12.7 Å². The average molecular weight is 533 g/mol. The molecule has 0 amide bonds. The molecule has 1 aliphatic rings. The van der Waals surface area contributed by atoms with Gasteiger partial charge < -0.3 is 24.5 Å². The number of nitrogens with zero attached hydrogens (tertiary/aromatic N) is 4. The summed E-state index contributed by atoms with van der Waals surface area (Å²) in [5.74, 6) is 1.33. The van der Waals surface area contributed by atoms with E-state index < -0.39 is 0 Å². The SMILES string of the molecule is COC(=O)c1ccc2c(c1)Cc1nc(CCc3ccccc3)nc(NCCCN(C)CC(O)C[N+](C)(C)C)c1-2. The summed E-state index contributed by atoms with van der Waals surface area (Å²) in [7, 11) is 9.73. The maximum absolute atomic E-state index is 12.1. The number of hydrogen-bond acceptors (Lipinski definition) is 7. The van der Waals surface area contributed by atoms with Gasteiger partial charge in [-0.15, -0.1) is 0 Å². The number of ether oxygens (including phenoxy) is 1. The minimum Gasteiger partial charge on any atom is -0.465 e. The number of aliphatic hydroxyl groups is 1. The van der Waals surface area contributed by atoms with Crippen molar-refractivity contribution >= 4 is 11.8 Å². The Hall–Kier alpha value is -3.33. The van der Waals surface area contributed by atoms with Crippen LogP contribution in [0, 0.1) is 0 Å². The van der Waals surface area contributed by atoms with Crippen molar-refractivity contribution in [3.05, 3.63) is 76.7 Å². The molecule has 0 radical (unpaired) electrons. The number of likely N-dealkylation sites (N-methyl/N-ethyl adjacent to an activating group) is 2. The predicted molar refractivity (Wildman–Crippen MR) is 155 cm³/mol. The van der Waals surface area contributed by atoms with Gasteiger partial charge in [0.25, 0.3) is 0 Å². The highest BCUT2D eigenvalue weighted by Crippen LogP contribution is 2.40. The second-order valence-electron chi connectivity index (χ2n) is 11.5. The Kier molecular flexibility index (Phi) is 9.32. The molecule has 0 aliphatic heterocycles. The highest BCUT2D eigenvalue weighted by Gasteiger charge is 2.26. The number of rotatable bonds is 13. The van der Waals surface area contributed by atoms with Crippen LogP contribution >= 0.6 is 0 Å². The monoisotopic (exact) mass is 532 g/mol. The molecule has 208 valence electrons. The van der Waals surface area contributed by atoms with Crippen molar-refractivity contribution in [2.75, 3.05) is 66.8 Å². The Morgan fingerprint density at radius 1 is 1.13 bits per heavy atom. The molecule has 1 aromatic heterocycles. The zero-order valence-electron chi connectivity index (χ0n) is 23.9. The molecule has 0 saturated carbocycles. The van der Waals surface area contributed by atoms with E-state index in [0.717, 1.165) is 77.4 Å². The number of benzene rings is 2. The summed E-state index contributed by atoms with van der Waals surface area (Å²) < 4.78 is 5.66. The number of aliphatic hydroxyl groups excluding tert-OH is 1. The van der Waals surface area contributed by atoms with Crippen molar-refractivity contribution in [3.63, 3.8) is 0 Å². The smallest absolute Gasteiger partial charge is 0.337 e. The molecule has 1 unspecified atom stereocenters. The Labute approximate surface area is 232 Å². The number of nitrogens with one attached hydrogen (secondary N) is 1. The van der Waals surface area contributed by atoms with Crippen LogP contribution in [-0.2, 0) is 24.0 Å². The van der Waals surface area contributed by atoms with Gasteiger partial charge in [0, 0.05) is 31.5 Å². The zero-order chi connectivity index (χ0) is 28.0. The van der Waals surface area contributed by atoms with E-state index >= 15 is 0 Å². The van der Waals surface area contributed by atoms with Crippen LogP contribution in [0.5, 0.6) is 0 Å². The summed E-state index contributed by atoms with van der Waals surface area (Å²) in [4.78, 5) is 24.2. The number of carbonyl (C=O) groups is 1. The van der Waals surface area contributed by atoms with Gasteiger partial charge in [-0.1, -0.05) is 36.4 Å². The van der Waals surface area contributed by atoms with Crippen molar-refractivity contribution < 1.29 is 19.1 Å². The van der Waals surface area contributed by atoms with Crippen LogP contribution in [0.3, 0.4) is 0 Å². The molecule has 0 bridgehead atoms. The van der Waals surface area contributed by atoms with E-state index in [0.29, 0.717) is 18.5 Å². The van der Waals surface area contributed by atoms with Crippen LogP contribution in [0.2, 0.25) is 0 Å². The third-order valence-electron chi connectivity index (χ3n) is 6.95. The van der Waals surface area contributed by atoms with Crippen LogP contribution in [-0.4, -0.2) is 98.0 Å². The van der Waals surface area contributed by atoms with E-state index in [-0.39, 0.29) is 12.1 Å². The third kappa shape index (κ3) is 7.85. The number of carbonyl (C=O) groups excluding carboxylic acids is 1. The molecule has 8 nitrogen and oxygen atoms in total. The summed E-state index contributed by atoms with van der Waals surface area (Å²) in [6.07, 6.45) is 2.85. The van der Waals surface area contributed by atoms with Gasteiger partial charge in [-0.3, -0.25) is 0 Å². The van der Waals surface area contributed by atoms with Crippen molar-refractivity contribution in [3.8, 4) is 11.1 Å². The molecular formula is C31H42N5O3+. The molecule has 2 aromatic carbocycles. The average Bonchev–Trinajstić information content (AvgIpc) is 3.26. The maximum Gasteiger partial charge on any atom is 0.337 e. The molecule has 0 spiro atoms. The number of quaternary nitrogens is 1. The lowest BCUT2D eigenvalue weighted by molar-refractivity contribution is -0.873. The first kappa shape index (κ1) is 28.7. The van der Waals surface area contributed by atoms with E-state index in [9.17, 15) is 9.90 Å². The standard InChI is InChI=1S/C31H41N5O3/c1-35(20-25(37)21-36(2,3)4)17-9-16-32-30-29-26-14-13-23(31(38)39-5)18-24(26)19-27(29)33-28(34-30)15-12-22-10-7-6-8-11-22/h6-8,10-11,13-14,18,25,37H,9,12,15-17,19-21H2,1-5H3/p+1. The van der Waals surface area contributed by atoms with Crippen molar-refractivity contribution in [2.24, 2.45) is 0 Å². The van der Waals surface area contributed by atoms with Gasteiger partial charge >= 0.3 is 5.97 Å². The molecule has 0 fully saturated rings. The van der Waals surface area contributed by atoms with Gasteiger partial charge in [-0.25, -0.2) is 14.8 Å². The highest BCUT2D eigenvalue weighted by atomic mass is 16.5. The first-order valence-corrected chi connectivity index (χ1v) is 13.7. The molecule has 2 N–H and O–H groups in total. The predicted octanol–water partition coefficient (Wildman–Crippen LogP) is 3.42. The fourth-order valence-corrected chi connectivity index (χ4v) is 5.22. The van der Waals surface area contributed by atoms with Crippen LogP contribution in [0.1, 0.15) is 39.4 Å². The number of hydrogen-bond donors (Lipinski definition) is 2. The molecule has 8 heteroatoms. The van der Waals surface area contributed by atoms with Crippen LogP contribution < -0.4 is 5.32 Å². The molecule has 0 saturated heterocycles. The normalized spacial score (nSPS) is 13.2. The molecular weight excluding hydrogens is 490 g/mol. The Morgan fingerprint density at radius 3 is 2.62 bits per heavy atom. The Morgan fingerprint density at radius 2 is 1.90 bits per heavy atom. The summed E-state index contributed by atoms with van der Waals surface area (Å²) >= 11 is 0. The minimum atomic E-state index is -0.355. The quantitative estimate of drug-likeness (QED) is 0.155. The second kappa shape index (κ2) is 12.7. The first-order valence-electron chi connectivity index (χ1n) is 13.7. The summed E-state index contributed by atoms with van der Waals surface area (Å²) in [5, 5.41) is 14.0. The summed E-state index contributed by atoms with van der Waals surface area (Å²) in [5.41, 5.74) is 5.96. The van der Waals surface area contributed by atoms with E-state index in [1.54, 1.807) is 0 Å². The number of methoxy groups -OCH3 is 1. The molecule has 3 aromatic rings. The minimum absolute atomic E-state index is 0.336. The zero-order valence-corrected chi connectivity index (χ0v) is 23.9. The molecule has 4 rings (SSSR count). The van der Waals surface area contributed by atoms with E-state index in [4.69, 9.17) is 14.7 Å². The number of aromatic nitrogens is 2. The lowest BCUT2D eigenvalue weighted by Crippen LogP contribution is -2.45. The molecule has 1 aliphatic carbocycles. The van der Waals surface area contributed by atoms with Crippen LogP contribution in [0.15, 0.2) is 48.5 Å². The third-order valence-corrected chi connectivity index (χ3v) is 6.95. The van der Waals surface area contributed by atoms with Gasteiger partial charge in [0.15, 0.2) is 0 Å². The van der Waals surface area contributed by atoms with Gasteiger partial charge in [0.05, 0.1) is 39.5 Å². The van der Waals surface area contributed by atoms with Crippen LogP contribution in [0.4, 0.5) is 5.82 Å². The van der Waals surface area contributed by atoms with Gasteiger partial charge in [-0.2, -0.15) is 0 Å². The van der Waals surface area contributed by atoms with Gasteiger partial charge in [-0.05, 0) is 55.3 Å². The topological polar surface area (TPSA) is 87.6 Å². The van der Waals surface area contributed by atoms with E-state index in [2.05, 4.69) is 62.7 Å². The Balaban J connectivity index is 1.47. The fourth-order valence-electron chi connectivity index (χ4n) is 5.22. The summed E-state index contributed by atoms with van der Waals surface area (Å²) in [6.45, 7) is 3.00. The number of fused-ring (bicyclic) bond motifs is 3. The molecule has 1 heterocycles. The van der Waals surface area contributed by atoms with Crippen LogP contribution in [0.25, 0.3) is 11.1 Å². The maximum atomic E-state index is 12.1. The summed E-state index contributed by atoms with van der Waals surface area (Å²) in [6, 6.07) is 16.1. The van der Waals surface area contributed by atoms with Crippen molar-refractivity contribution in [1.82, 2.24) is 14.9 Å². The molecule has 1 atom stereocenters. The second-order valence-corrected chi connectivity index (χ2v) is 11.5. The largest absolute Gasteiger partial charge is 0.465 e. The lowest BCUT2D eigenvalue weighted by Gasteiger charge is -2.28. The highest BCUT2D eigenvalue weighted by molar-refractivity contribution is 5.92. The van der Waals surface area contributed by atoms with Gasteiger partial charge in [0.1, 0.15) is 24.3 Å². The number of aryl methyl sites for hydroxylation is 2. The Bertz CT molecular complexity index is 1270. The van der Waals surface area contributed by atoms with E-state index in [1.807, 2.05) is 24.3 Å². The fraction of sp³-hybridized carbons (Fsp3) is 0.452. The lowest BCUT2D eigenvalue weighted by atomic mass is 10.0. The van der Waals surface area contributed by atoms with Gasteiger partial charge in [0.2, 0.25) is 0 Å².